The van der Waals surface area contributed by atoms with Crippen molar-refractivity contribution in [1.29, 1.82) is 0 Å². The zero-order chi connectivity index (χ0) is 47.2. The summed E-state index contributed by atoms with van der Waals surface area (Å²) < 4.78 is 0. The van der Waals surface area contributed by atoms with Gasteiger partial charge in [-0.2, -0.15) is 0 Å². The molecule has 4 heteroatoms. The molecule has 0 amide bonds. The summed E-state index contributed by atoms with van der Waals surface area (Å²) in [6.45, 7) is 51.3. The zero-order valence-electron chi connectivity index (χ0n) is 42.6. The maximum atomic E-state index is 11.4. The molecule has 0 bridgehead atoms. The highest BCUT2D eigenvalue weighted by molar-refractivity contribution is 5.76. The summed E-state index contributed by atoms with van der Waals surface area (Å²) >= 11 is 0. The number of benzene rings is 4. The molecule has 4 aromatic carbocycles. The minimum absolute atomic E-state index is 0.00859. The summed E-state index contributed by atoms with van der Waals surface area (Å²) in [4.78, 5) is 0. The van der Waals surface area contributed by atoms with Crippen LogP contribution in [0.2, 0.25) is 0 Å². The first-order valence-electron chi connectivity index (χ1n) is 21.9. The normalized spacial score (nSPS) is 13.3. The van der Waals surface area contributed by atoms with Crippen LogP contribution in [0.4, 0.5) is 0 Å². The lowest BCUT2D eigenvalue weighted by atomic mass is 9.75. The molecule has 0 saturated carbocycles. The van der Waals surface area contributed by atoms with Crippen molar-refractivity contribution in [3.63, 3.8) is 0 Å². The van der Waals surface area contributed by atoms with Gasteiger partial charge in [-0.1, -0.05) is 203 Å². The topological polar surface area (TPSA) is 80.9 Å². The molecule has 4 rings (SSSR count). The fourth-order valence-electron chi connectivity index (χ4n) is 7.15. The zero-order valence-corrected chi connectivity index (χ0v) is 42.6. The molecule has 0 spiro atoms. The number of phenols is 4. The lowest BCUT2D eigenvalue weighted by Crippen LogP contribution is -2.18. The van der Waals surface area contributed by atoms with Crippen molar-refractivity contribution < 1.29 is 20.4 Å². The van der Waals surface area contributed by atoms with Crippen LogP contribution in [0.1, 0.15) is 211 Å². The molecule has 0 heterocycles. The fourth-order valence-corrected chi connectivity index (χ4v) is 7.15. The van der Waals surface area contributed by atoms with Gasteiger partial charge in [0.15, 0.2) is 0 Å². The van der Waals surface area contributed by atoms with Gasteiger partial charge in [-0.3, -0.25) is 0 Å². The van der Waals surface area contributed by atoms with E-state index in [1.165, 1.54) is 11.1 Å². The Bertz CT molecular complexity index is 2010. The van der Waals surface area contributed by atoms with Crippen molar-refractivity contribution in [2.24, 2.45) is 0 Å². The van der Waals surface area contributed by atoms with Crippen molar-refractivity contribution in [3.05, 3.63) is 105 Å². The molecule has 0 aliphatic rings. The molecule has 0 unspecified atom stereocenters. The Hall–Kier alpha value is -3.92. The standard InChI is InChI=1S/C28H42O2.2C14H22O/c1-25(2,3)18-15-19(23(29)22(16-18)28(10,11)12)17-13-20(26(4,5)6)24(30)21(14-17)27(7,8)9;1-13(2,3)10-7-8-12(15)11(9-10)14(4,5)6;1-13(2,3)10-8-7-9-11(12(10)15)14(4,5)6/h13-16,29-30H,1-12H3;2*7-9,15H,1-6H3. The third-order valence-corrected chi connectivity index (χ3v) is 11.1. The van der Waals surface area contributed by atoms with Crippen LogP contribution < -0.4 is 0 Å². The van der Waals surface area contributed by atoms with Gasteiger partial charge in [-0.15, -0.1) is 0 Å². The van der Waals surface area contributed by atoms with Gasteiger partial charge in [0.1, 0.15) is 23.0 Å². The smallest absolute Gasteiger partial charge is 0.127 e. The second-order valence-electron chi connectivity index (χ2n) is 25.3. The maximum absolute atomic E-state index is 11.4. The van der Waals surface area contributed by atoms with E-state index in [-0.39, 0.29) is 43.3 Å². The first kappa shape index (κ1) is 52.2. The van der Waals surface area contributed by atoms with Crippen LogP contribution in [-0.4, -0.2) is 20.4 Å². The van der Waals surface area contributed by atoms with E-state index < -0.39 is 0 Å². The van der Waals surface area contributed by atoms with Crippen LogP contribution in [0.3, 0.4) is 0 Å². The molecule has 4 N–H and O–H groups in total. The van der Waals surface area contributed by atoms with E-state index in [1.54, 1.807) is 6.07 Å². The molecule has 0 radical (unpaired) electrons. The van der Waals surface area contributed by atoms with Crippen molar-refractivity contribution in [2.75, 3.05) is 0 Å². The monoisotopic (exact) mass is 823 g/mol. The fraction of sp³-hybridized carbons (Fsp3) is 0.571. The van der Waals surface area contributed by atoms with E-state index in [0.717, 1.165) is 44.5 Å². The lowest BCUT2D eigenvalue weighted by Gasteiger charge is -2.30. The van der Waals surface area contributed by atoms with Gasteiger partial charge in [0.2, 0.25) is 0 Å². The first-order chi connectivity index (χ1) is 26.5. The molecule has 0 aliphatic carbocycles. The molecular formula is C56H86O4. The predicted molar refractivity (Wildman–Crippen MR) is 261 cm³/mol. The van der Waals surface area contributed by atoms with E-state index in [2.05, 4.69) is 197 Å². The third kappa shape index (κ3) is 13.3. The van der Waals surface area contributed by atoms with Crippen LogP contribution in [0, 0.1) is 0 Å². The highest BCUT2D eigenvalue weighted by Gasteiger charge is 2.30. The SMILES string of the molecule is CC(C)(C)c1cc(-c2cc(C(C)(C)C)c(O)c(C(C)(C)C)c2)c(O)c(C(C)(C)C)c1.CC(C)(C)c1ccc(O)c(C(C)(C)C)c1.CC(C)(C)c1cccc(C(C)(C)C)c1O. The van der Waals surface area contributed by atoms with E-state index in [4.69, 9.17) is 0 Å². The molecule has 0 atom stereocenters. The number of aromatic hydroxyl groups is 4. The second kappa shape index (κ2) is 17.5. The number of phenolic OH excluding ortho intramolecular Hbond substituents is 4. The number of rotatable bonds is 1. The number of para-hydroxylation sites is 1. The van der Waals surface area contributed by atoms with Gasteiger partial charge < -0.3 is 20.4 Å². The molecule has 0 aliphatic heterocycles. The second-order valence-corrected chi connectivity index (χ2v) is 25.3. The van der Waals surface area contributed by atoms with Gasteiger partial charge in [-0.05, 0) is 101 Å². The molecule has 0 aromatic heterocycles. The van der Waals surface area contributed by atoms with E-state index in [1.807, 2.05) is 24.3 Å². The van der Waals surface area contributed by atoms with Crippen LogP contribution in [0.25, 0.3) is 11.1 Å². The summed E-state index contributed by atoms with van der Waals surface area (Å²) in [6, 6.07) is 20.3. The maximum Gasteiger partial charge on any atom is 0.127 e. The Balaban J connectivity index is 0.000000346. The Morgan fingerprint density at radius 2 is 0.600 bits per heavy atom. The first-order valence-corrected chi connectivity index (χ1v) is 21.9. The van der Waals surface area contributed by atoms with Gasteiger partial charge in [0.05, 0.1) is 0 Å². The molecule has 4 aromatic rings. The van der Waals surface area contributed by atoms with E-state index >= 15 is 0 Å². The summed E-state index contributed by atoms with van der Waals surface area (Å²) in [6.07, 6.45) is 0. The molecule has 0 fully saturated rings. The molecule has 60 heavy (non-hydrogen) atoms. The van der Waals surface area contributed by atoms with Gasteiger partial charge in [-0.25, -0.2) is 0 Å². The summed E-state index contributed by atoms with van der Waals surface area (Å²) in [5.41, 5.74) is 9.53. The largest absolute Gasteiger partial charge is 0.508 e. The third-order valence-electron chi connectivity index (χ3n) is 11.1. The van der Waals surface area contributed by atoms with E-state index in [0.29, 0.717) is 23.0 Å². The quantitative estimate of drug-likeness (QED) is 0.154. The number of hydrogen-bond acceptors (Lipinski definition) is 4. The predicted octanol–water partition coefficient (Wildman–Crippen LogP) is 15.9. The molecule has 4 nitrogen and oxygen atoms in total. The highest BCUT2D eigenvalue weighted by atomic mass is 16.3. The Kier molecular flexibility index (Phi) is 15.2. The molecule has 0 saturated heterocycles. The molecule has 334 valence electrons. The Labute approximate surface area is 367 Å². The minimum Gasteiger partial charge on any atom is -0.508 e. The van der Waals surface area contributed by atoms with Gasteiger partial charge in [0.25, 0.3) is 0 Å². The molecular weight excluding hydrogens is 737 g/mol. The van der Waals surface area contributed by atoms with Crippen molar-refractivity contribution in [2.45, 2.75) is 209 Å². The van der Waals surface area contributed by atoms with Crippen LogP contribution in [0.15, 0.2) is 60.7 Å². The van der Waals surface area contributed by atoms with Crippen molar-refractivity contribution >= 4 is 0 Å². The van der Waals surface area contributed by atoms with Crippen LogP contribution >= 0.6 is 0 Å². The number of hydrogen-bond donors (Lipinski definition) is 4. The summed E-state index contributed by atoms with van der Waals surface area (Å²) in [7, 11) is 0. The van der Waals surface area contributed by atoms with Crippen molar-refractivity contribution in [3.8, 4) is 34.1 Å². The van der Waals surface area contributed by atoms with E-state index in [9.17, 15) is 20.4 Å². The van der Waals surface area contributed by atoms with Crippen molar-refractivity contribution in [1.82, 2.24) is 0 Å². The van der Waals surface area contributed by atoms with Crippen LogP contribution in [-0.2, 0) is 43.3 Å². The summed E-state index contributed by atoms with van der Waals surface area (Å²) in [5, 5.41) is 42.6. The average Bonchev–Trinajstić information content (AvgIpc) is 3.01. The Morgan fingerprint density at radius 3 is 0.933 bits per heavy atom. The van der Waals surface area contributed by atoms with Gasteiger partial charge >= 0.3 is 0 Å². The lowest BCUT2D eigenvalue weighted by molar-refractivity contribution is 0.422. The van der Waals surface area contributed by atoms with Gasteiger partial charge in [0, 0.05) is 22.3 Å². The Morgan fingerprint density at radius 1 is 0.283 bits per heavy atom. The summed E-state index contributed by atoms with van der Waals surface area (Å²) in [5.74, 6) is 1.55. The average molecular weight is 823 g/mol. The van der Waals surface area contributed by atoms with Crippen LogP contribution in [0.5, 0.6) is 23.0 Å². The highest BCUT2D eigenvalue weighted by Crippen LogP contribution is 2.47. The minimum atomic E-state index is -0.218.